The second-order valence-corrected chi connectivity index (χ2v) is 7.09. The highest BCUT2D eigenvalue weighted by molar-refractivity contribution is 9.11. The van der Waals surface area contributed by atoms with Gasteiger partial charge in [0.05, 0.1) is 14.6 Å². The third-order valence-corrected chi connectivity index (χ3v) is 4.92. The summed E-state index contributed by atoms with van der Waals surface area (Å²) in [6, 6.07) is 3.66. The molecule has 1 N–H and O–H groups in total. The Morgan fingerprint density at radius 1 is 1.23 bits per heavy atom. The van der Waals surface area contributed by atoms with Gasteiger partial charge in [0.15, 0.2) is 0 Å². The number of aryl methyl sites for hydroxylation is 1. The maximum Gasteiger partial charge on any atom is 0.433 e. The van der Waals surface area contributed by atoms with Crippen LogP contribution in [-0.4, -0.2) is 25.3 Å². The lowest BCUT2D eigenvalue weighted by atomic mass is 10.1. The number of carbonyl (C=O) groups excluding carboxylic acids is 1. The first kappa shape index (κ1) is 18.8. The molecule has 0 aliphatic carbocycles. The van der Waals surface area contributed by atoms with Crippen LogP contribution in [0.25, 0.3) is 5.65 Å². The number of nitrogens with zero attached hydrogens (tertiary/aromatic N) is 3. The fourth-order valence-electron chi connectivity index (χ4n) is 2.47. The fourth-order valence-corrected chi connectivity index (χ4v) is 3.66. The van der Waals surface area contributed by atoms with E-state index in [2.05, 4.69) is 41.8 Å². The lowest BCUT2D eigenvalue weighted by molar-refractivity contribution is -0.141. The van der Waals surface area contributed by atoms with Crippen molar-refractivity contribution in [1.82, 2.24) is 14.4 Å². The highest BCUT2D eigenvalue weighted by atomic mass is 79.9. The Morgan fingerprint density at radius 3 is 2.38 bits per heavy atom. The van der Waals surface area contributed by atoms with Crippen molar-refractivity contribution in [3.8, 4) is 5.75 Å². The molecule has 0 bridgehead atoms. The zero-order chi connectivity index (χ0) is 19.2. The van der Waals surface area contributed by atoms with Crippen LogP contribution >= 0.6 is 31.9 Å². The number of hydrogen-bond acceptors (Lipinski definition) is 4. The summed E-state index contributed by atoms with van der Waals surface area (Å²) in [5, 5.41) is 9.78. The average Bonchev–Trinajstić information content (AvgIpc) is 2.95. The molecule has 0 spiro atoms. The fraction of sp³-hybridized carbons (Fsp3) is 0.188. The summed E-state index contributed by atoms with van der Waals surface area (Å²) in [5.74, 6) is -0.510. The predicted octanol–water partition coefficient (Wildman–Crippen LogP) is 4.77. The molecule has 26 heavy (non-hydrogen) atoms. The van der Waals surface area contributed by atoms with Gasteiger partial charge in [0, 0.05) is 11.6 Å². The normalized spacial score (nSPS) is 11.9. The third-order valence-electron chi connectivity index (χ3n) is 3.71. The van der Waals surface area contributed by atoms with Crippen LogP contribution in [0.15, 0.2) is 33.5 Å². The standard InChI is InChI=1S/C16H10Br2F3N3O2/c1-2-10-13(14(25)7-3-8(17)15(26)9(18)4-7)24-6-22-11(16(19,20)21)5-12(24)23-10/h3-6,26H,2H2,1H3. The molecule has 0 saturated carbocycles. The third kappa shape index (κ3) is 3.23. The molecule has 0 unspecified atom stereocenters. The summed E-state index contributed by atoms with van der Waals surface area (Å²) in [5.41, 5.74) is -0.362. The zero-order valence-corrected chi connectivity index (χ0v) is 16.3. The Bertz CT molecular complexity index is 1010. The Balaban J connectivity index is 2.19. The Hall–Kier alpha value is -1.94. The van der Waals surface area contributed by atoms with Crippen LogP contribution in [0.4, 0.5) is 13.2 Å². The minimum Gasteiger partial charge on any atom is -0.506 e. The predicted molar refractivity (Wildman–Crippen MR) is 94.3 cm³/mol. The van der Waals surface area contributed by atoms with Crippen LogP contribution < -0.4 is 0 Å². The highest BCUT2D eigenvalue weighted by Gasteiger charge is 2.33. The highest BCUT2D eigenvalue weighted by Crippen LogP contribution is 2.34. The molecule has 0 atom stereocenters. The molecule has 0 fully saturated rings. The number of aromatic hydroxyl groups is 1. The Kier molecular flexibility index (Phi) is 4.82. The van der Waals surface area contributed by atoms with Gasteiger partial charge in [-0.15, -0.1) is 0 Å². The zero-order valence-electron chi connectivity index (χ0n) is 13.1. The summed E-state index contributed by atoms with van der Waals surface area (Å²) in [6.45, 7) is 1.75. The molecule has 1 aromatic carbocycles. The number of phenols is 1. The van der Waals surface area contributed by atoms with Crippen molar-refractivity contribution >= 4 is 43.3 Å². The largest absolute Gasteiger partial charge is 0.506 e. The van der Waals surface area contributed by atoms with Gasteiger partial charge in [-0.05, 0) is 50.4 Å². The molecular formula is C16H10Br2F3N3O2. The van der Waals surface area contributed by atoms with Crippen LogP contribution in [0.2, 0.25) is 0 Å². The molecular weight excluding hydrogens is 483 g/mol. The Morgan fingerprint density at radius 2 is 1.85 bits per heavy atom. The van der Waals surface area contributed by atoms with Gasteiger partial charge >= 0.3 is 6.18 Å². The molecule has 0 aliphatic heterocycles. The number of fused-ring (bicyclic) bond motifs is 1. The van der Waals surface area contributed by atoms with Gasteiger partial charge in [-0.1, -0.05) is 6.92 Å². The van der Waals surface area contributed by atoms with Crippen molar-refractivity contribution < 1.29 is 23.1 Å². The number of hydrogen-bond donors (Lipinski definition) is 1. The van der Waals surface area contributed by atoms with E-state index in [0.29, 0.717) is 21.1 Å². The number of ketones is 1. The van der Waals surface area contributed by atoms with Gasteiger partial charge in [-0.3, -0.25) is 9.20 Å². The molecule has 5 nitrogen and oxygen atoms in total. The van der Waals surface area contributed by atoms with E-state index in [4.69, 9.17) is 0 Å². The second-order valence-electron chi connectivity index (χ2n) is 5.38. The molecule has 0 aliphatic rings. The SMILES string of the molecule is CCc1nc2cc(C(F)(F)F)ncn2c1C(=O)c1cc(Br)c(O)c(Br)c1. The number of benzene rings is 1. The van der Waals surface area contributed by atoms with Crippen molar-refractivity contribution in [1.29, 1.82) is 0 Å². The van der Waals surface area contributed by atoms with Gasteiger partial charge in [-0.2, -0.15) is 13.2 Å². The van der Waals surface area contributed by atoms with Crippen molar-refractivity contribution in [3.63, 3.8) is 0 Å². The number of alkyl halides is 3. The molecule has 10 heteroatoms. The van der Waals surface area contributed by atoms with Crippen molar-refractivity contribution in [2.75, 3.05) is 0 Å². The van der Waals surface area contributed by atoms with Crippen LogP contribution in [-0.2, 0) is 12.6 Å². The number of rotatable bonds is 3. The molecule has 2 aromatic heterocycles. The van der Waals surface area contributed by atoms with Crippen molar-refractivity contribution in [2.24, 2.45) is 0 Å². The van der Waals surface area contributed by atoms with Crippen LogP contribution in [0.3, 0.4) is 0 Å². The minimum atomic E-state index is -4.60. The summed E-state index contributed by atoms with van der Waals surface area (Å²) >= 11 is 6.31. The van der Waals surface area contributed by atoms with E-state index in [0.717, 1.165) is 12.4 Å². The molecule has 136 valence electrons. The van der Waals surface area contributed by atoms with E-state index in [1.54, 1.807) is 6.92 Å². The number of imidazole rings is 1. The van der Waals surface area contributed by atoms with Gasteiger partial charge in [0.1, 0.15) is 29.1 Å². The summed E-state index contributed by atoms with van der Waals surface area (Å²) in [7, 11) is 0. The van der Waals surface area contributed by atoms with Gasteiger partial charge in [0.25, 0.3) is 0 Å². The van der Waals surface area contributed by atoms with Crippen LogP contribution in [0.5, 0.6) is 5.75 Å². The van der Waals surface area contributed by atoms with E-state index in [1.807, 2.05) is 0 Å². The topological polar surface area (TPSA) is 67.5 Å². The number of aromatic nitrogens is 3. The van der Waals surface area contributed by atoms with Crippen molar-refractivity contribution in [3.05, 3.63) is 56.1 Å². The first-order valence-electron chi connectivity index (χ1n) is 7.30. The smallest absolute Gasteiger partial charge is 0.433 e. The summed E-state index contributed by atoms with van der Waals surface area (Å²) in [6.07, 6.45) is -3.30. The lowest BCUT2D eigenvalue weighted by Gasteiger charge is -2.08. The summed E-state index contributed by atoms with van der Waals surface area (Å²) < 4.78 is 40.4. The van der Waals surface area contributed by atoms with Crippen LogP contribution in [0, 0.1) is 0 Å². The van der Waals surface area contributed by atoms with Gasteiger partial charge in [-0.25, -0.2) is 9.97 Å². The molecule has 0 amide bonds. The molecule has 3 aromatic rings. The quantitative estimate of drug-likeness (QED) is 0.535. The average molecular weight is 493 g/mol. The first-order valence-corrected chi connectivity index (χ1v) is 8.89. The molecule has 0 radical (unpaired) electrons. The molecule has 2 heterocycles. The number of carbonyl (C=O) groups is 1. The van der Waals surface area contributed by atoms with E-state index in [9.17, 15) is 23.1 Å². The second kappa shape index (κ2) is 6.66. The first-order chi connectivity index (χ1) is 12.1. The van der Waals surface area contributed by atoms with E-state index >= 15 is 0 Å². The maximum atomic E-state index is 13.0. The minimum absolute atomic E-state index is 0.00978. The van der Waals surface area contributed by atoms with Crippen molar-refractivity contribution in [2.45, 2.75) is 19.5 Å². The number of phenolic OH excluding ortho intramolecular Hbond substituents is 1. The molecule has 0 saturated heterocycles. The van der Waals surface area contributed by atoms with E-state index < -0.39 is 17.7 Å². The maximum absolute atomic E-state index is 13.0. The molecule has 3 rings (SSSR count). The Labute approximate surface area is 162 Å². The number of halogens is 5. The monoisotopic (exact) mass is 491 g/mol. The van der Waals surface area contributed by atoms with Crippen LogP contribution in [0.1, 0.15) is 34.4 Å². The van der Waals surface area contributed by atoms with E-state index in [-0.39, 0.29) is 22.7 Å². The van der Waals surface area contributed by atoms with Gasteiger partial charge in [0.2, 0.25) is 5.78 Å². The lowest BCUT2D eigenvalue weighted by Crippen LogP contribution is -2.11. The van der Waals surface area contributed by atoms with Gasteiger partial charge < -0.3 is 5.11 Å². The van der Waals surface area contributed by atoms with E-state index in [1.165, 1.54) is 16.5 Å². The summed E-state index contributed by atoms with van der Waals surface area (Å²) in [4.78, 5) is 20.5.